The predicted octanol–water partition coefficient (Wildman–Crippen LogP) is 2.52. The molecule has 3 nitrogen and oxygen atoms in total. The zero-order chi connectivity index (χ0) is 13.0. The average Bonchev–Trinajstić information content (AvgIpc) is 2.39. The monoisotopic (exact) mass is 247 g/mol. The first-order valence-corrected chi connectivity index (χ1v) is 7.15. The first-order valence-electron chi connectivity index (χ1n) is 7.15. The largest absolute Gasteiger partial charge is 0.356 e. The van der Waals surface area contributed by atoms with Crippen LogP contribution in [0.15, 0.2) is 12.3 Å². The molecule has 0 aromatic carbocycles. The van der Waals surface area contributed by atoms with Crippen molar-refractivity contribution in [1.29, 1.82) is 0 Å². The summed E-state index contributed by atoms with van der Waals surface area (Å²) in [5, 5.41) is 0. The van der Waals surface area contributed by atoms with Gasteiger partial charge in [0, 0.05) is 19.3 Å². The summed E-state index contributed by atoms with van der Waals surface area (Å²) in [5.74, 6) is 2.01. The van der Waals surface area contributed by atoms with Crippen LogP contribution in [0.4, 0.5) is 5.82 Å². The van der Waals surface area contributed by atoms with Crippen LogP contribution in [0.5, 0.6) is 0 Å². The quantitative estimate of drug-likeness (QED) is 0.889. The van der Waals surface area contributed by atoms with Crippen LogP contribution in [0, 0.1) is 12.8 Å². The lowest BCUT2D eigenvalue weighted by Gasteiger charge is -2.34. The highest BCUT2D eigenvalue weighted by Gasteiger charge is 2.20. The molecule has 2 rings (SSSR count). The van der Waals surface area contributed by atoms with Gasteiger partial charge in [-0.05, 0) is 49.8 Å². The van der Waals surface area contributed by atoms with E-state index in [0.717, 1.165) is 18.9 Å². The van der Waals surface area contributed by atoms with Gasteiger partial charge in [-0.3, -0.25) is 0 Å². The Kier molecular flexibility index (Phi) is 4.59. The summed E-state index contributed by atoms with van der Waals surface area (Å²) in [5.41, 5.74) is 8.13. The van der Waals surface area contributed by atoms with Crippen LogP contribution < -0.4 is 10.6 Å². The van der Waals surface area contributed by atoms with E-state index in [-0.39, 0.29) is 0 Å². The number of nitrogens with zero attached hydrogens (tertiary/aromatic N) is 2. The third-order valence-electron chi connectivity index (χ3n) is 3.94. The molecule has 0 bridgehead atoms. The highest BCUT2D eigenvalue weighted by atomic mass is 15.2. The molecule has 1 unspecified atom stereocenters. The van der Waals surface area contributed by atoms with Gasteiger partial charge < -0.3 is 10.6 Å². The normalized spacial score (nSPS) is 20.2. The van der Waals surface area contributed by atoms with Crippen molar-refractivity contribution in [2.75, 3.05) is 24.5 Å². The number of hydrogen-bond donors (Lipinski definition) is 1. The number of rotatable bonds is 4. The van der Waals surface area contributed by atoms with Gasteiger partial charge in [-0.1, -0.05) is 19.4 Å². The second kappa shape index (κ2) is 6.19. The summed E-state index contributed by atoms with van der Waals surface area (Å²) >= 11 is 0. The minimum Gasteiger partial charge on any atom is -0.356 e. The van der Waals surface area contributed by atoms with Gasteiger partial charge in [0.25, 0.3) is 0 Å². The first kappa shape index (κ1) is 13.3. The molecular weight excluding hydrogens is 222 g/mol. The molecule has 1 saturated heterocycles. The van der Waals surface area contributed by atoms with Gasteiger partial charge in [0.05, 0.1) is 0 Å². The Morgan fingerprint density at radius 3 is 3.00 bits per heavy atom. The molecule has 0 saturated carbocycles. The standard InChI is InChI=1S/C15H25N3/c1-3-13-5-4-8-18(11-13)15-12(2)9-14(6-7-16)10-17-15/h9-10,13H,3-8,11,16H2,1-2H3. The predicted molar refractivity (Wildman–Crippen MR) is 77.0 cm³/mol. The van der Waals surface area contributed by atoms with Crippen LogP contribution in [-0.4, -0.2) is 24.6 Å². The van der Waals surface area contributed by atoms with Gasteiger partial charge in [-0.25, -0.2) is 4.98 Å². The van der Waals surface area contributed by atoms with Crippen LogP contribution in [0.1, 0.15) is 37.3 Å². The Balaban J connectivity index is 2.12. The first-order chi connectivity index (χ1) is 8.74. The summed E-state index contributed by atoms with van der Waals surface area (Å²) in [6.07, 6.45) is 6.86. The molecule has 0 spiro atoms. The van der Waals surface area contributed by atoms with Crippen LogP contribution in [0.25, 0.3) is 0 Å². The van der Waals surface area contributed by atoms with E-state index < -0.39 is 0 Å². The number of nitrogens with two attached hydrogens (primary N) is 1. The van der Waals surface area contributed by atoms with Gasteiger partial charge in [0.1, 0.15) is 5.82 Å². The molecule has 3 heteroatoms. The Morgan fingerprint density at radius 1 is 1.50 bits per heavy atom. The van der Waals surface area contributed by atoms with E-state index >= 15 is 0 Å². The fraction of sp³-hybridized carbons (Fsp3) is 0.667. The van der Waals surface area contributed by atoms with Gasteiger partial charge in [-0.15, -0.1) is 0 Å². The molecule has 1 aliphatic heterocycles. The number of pyridine rings is 1. The number of piperidine rings is 1. The third kappa shape index (κ3) is 3.02. The smallest absolute Gasteiger partial charge is 0.131 e. The maximum absolute atomic E-state index is 5.59. The summed E-state index contributed by atoms with van der Waals surface area (Å²) < 4.78 is 0. The summed E-state index contributed by atoms with van der Waals surface area (Å²) in [7, 11) is 0. The van der Waals surface area contributed by atoms with Crippen molar-refractivity contribution in [2.24, 2.45) is 11.7 Å². The zero-order valence-electron chi connectivity index (χ0n) is 11.7. The van der Waals surface area contributed by atoms with Crippen molar-refractivity contribution in [3.8, 4) is 0 Å². The Hall–Kier alpha value is -1.09. The molecule has 100 valence electrons. The van der Waals surface area contributed by atoms with Crippen LogP contribution in [-0.2, 0) is 6.42 Å². The van der Waals surface area contributed by atoms with Crippen LogP contribution >= 0.6 is 0 Å². The second-order valence-electron chi connectivity index (χ2n) is 5.39. The fourth-order valence-electron chi connectivity index (χ4n) is 2.85. The summed E-state index contributed by atoms with van der Waals surface area (Å²) in [6, 6.07) is 2.24. The zero-order valence-corrected chi connectivity index (χ0v) is 11.7. The van der Waals surface area contributed by atoms with Crippen molar-refractivity contribution in [3.05, 3.63) is 23.4 Å². The van der Waals surface area contributed by atoms with Gasteiger partial charge in [0.2, 0.25) is 0 Å². The van der Waals surface area contributed by atoms with E-state index in [9.17, 15) is 0 Å². The minimum atomic E-state index is 0.697. The summed E-state index contributed by atoms with van der Waals surface area (Å²) in [4.78, 5) is 7.12. The third-order valence-corrected chi connectivity index (χ3v) is 3.94. The van der Waals surface area contributed by atoms with E-state index in [0.29, 0.717) is 6.54 Å². The van der Waals surface area contributed by atoms with Crippen LogP contribution in [0.3, 0.4) is 0 Å². The molecule has 0 aliphatic carbocycles. The van der Waals surface area contributed by atoms with E-state index in [1.165, 1.54) is 42.8 Å². The van der Waals surface area contributed by atoms with E-state index in [1.807, 2.05) is 6.20 Å². The van der Waals surface area contributed by atoms with Crippen molar-refractivity contribution in [3.63, 3.8) is 0 Å². The lowest BCUT2D eigenvalue weighted by atomic mass is 9.95. The number of aromatic nitrogens is 1. The summed E-state index contributed by atoms with van der Waals surface area (Å²) in [6.45, 7) is 7.47. The number of hydrogen-bond acceptors (Lipinski definition) is 3. The second-order valence-corrected chi connectivity index (χ2v) is 5.39. The highest BCUT2D eigenvalue weighted by Crippen LogP contribution is 2.26. The molecule has 0 radical (unpaired) electrons. The lowest BCUT2D eigenvalue weighted by molar-refractivity contribution is 0.402. The van der Waals surface area contributed by atoms with E-state index in [1.54, 1.807) is 0 Å². The molecule has 2 heterocycles. The molecule has 1 fully saturated rings. The van der Waals surface area contributed by atoms with E-state index in [4.69, 9.17) is 5.73 Å². The van der Waals surface area contributed by atoms with Crippen molar-refractivity contribution < 1.29 is 0 Å². The number of aryl methyl sites for hydroxylation is 1. The van der Waals surface area contributed by atoms with Crippen molar-refractivity contribution >= 4 is 5.82 Å². The Morgan fingerprint density at radius 2 is 2.33 bits per heavy atom. The lowest BCUT2D eigenvalue weighted by Crippen LogP contribution is -2.36. The van der Waals surface area contributed by atoms with E-state index in [2.05, 4.69) is 29.8 Å². The maximum Gasteiger partial charge on any atom is 0.131 e. The van der Waals surface area contributed by atoms with Gasteiger partial charge in [0.15, 0.2) is 0 Å². The van der Waals surface area contributed by atoms with Gasteiger partial charge >= 0.3 is 0 Å². The van der Waals surface area contributed by atoms with Crippen molar-refractivity contribution in [1.82, 2.24) is 4.98 Å². The highest BCUT2D eigenvalue weighted by molar-refractivity contribution is 5.47. The molecule has 0 amide bonds. The molecule has 1 aliphatic rings. The Bertz CT molecular complexity index is 389. The maximum atomic E-state index is 5.59. The molecule has 2 N–H and O–H groups in total. The van der Waals surface area contributed by atoms with Crippen molar-refractivity contribution in [2.45, 2.75) is 39.5 Å². The average molecular weight is 247 g/mol. The molecule has 18 heavy (non-hydrogen) atoms. The number of anilines is 1. The SMILES string of the molecule is CCC1CCCN(c2ncc(CCN)cc2C)C1. The Labute approximate surface area is 110 Å². The molecule has 1 aromatic heterocycles. The minimum absolute atomic E-state index is 0.697. The topological polar surface area (TPSA) is 42.2 Å². The van der Waals surface area contributed by atoms with Crippen LogP contribution in [0.2, 0.25) is 0 Å². The molecule has 1 aromatic rings. The molecular formula is C15H25N3. The van der Waals surface area contributed by atoms with Gasteiger partial charge in [-0.2, -0.15) is 0 Å². The molecule has 1 atom stereocenters. The fourth-order valence-corrected chi connectivity index (χ4v) is 2.85.